The van der Waals surface area contributed by atoms with Crippen molar-refractivity contribution in [1.82, 2.24) is 10.1 Å². The van der Waals surface area contributed by atoms with E-state index in [1.807, 2.05) is 12.1 Å². The first kappa shape index (κ1) is 16.0. The van der Waals surface area contributed by atoms with E-state index in [9.17, 15) is 13.2 Å². The molecule has 3 rings (SSSR count). The molecule has 7 heteroatoms. The Balaban J connectivity index is 1.80. The maximum absolute atomic E-state index is 12.8. The number of rotatable bonds is 4. The number of halogens is 3. The van der Waals surface area contributed by atoms with E-state index in [0.29, 0.717) is 12.3 Å². The summed E-state index contributed by atoms with van der Waals surface area (Å²) in [6.07, 6.45) is -4.03. The van der Waals surface area contributed by atoms with Gasteiger partial charge in [0.25, 0.3) is 0 Å². The Morgan fingerprint density at radius 3 is 2.50 bits per heavy atom. The molecule has 3 aromatic rings. The smallest absolute Gasteiger partial charge is 0.416 e. The van der Waals surface area contributed by atoms with E-state index in [1.165, 1.54) is 12.1 Å². The number of hydrogen-bond donors (Lipinski definition) is 0. The van der Waals surface area contributed by atoms with Crippen LogP contribution in [0, 0.1) is 0 Å². The molecular weight excluding hydrogens is 321 g/mol. The van der Waals surface area contributed by atoms with Gasteiger partial charge in [-0.2, -0.15) is 18.2 Å². The van der Waals surface area contributed by atoms with Gasteiger partial charge in [0.2, 0.25) is 11.7 Å². The van der Waals surface area contributed by atoms with Crippen LogP contribution in [-0.4, -0.2) is 17.3 Å². The molecule has 0 aliphatic carbocycles. The second-order valence-corrected chi connectivity index (χ2v) is 5.12. The van der Waals surface area contributed by atoms with Gasteiger partial charge in [0.1, 0.15) is 5.75 Å². The van der Waals surface area contributed by atoms with Crippen molar-refractivity contribution in [2.75, 3.05) is 7.11 Å². The van der Waals surface area contributed by atoms with Crippen molar-refractivity contribution >= 4 is 0 Å². The van der Waals surface area contributed by atoms with Crippen molar-refractivity contribution in [1.29, 1.82) is 0 Å². The first-order valence-corrected chi connectivity index (χ1v) is 7.09. The van der Waals surface area contributed by atoms with Gasteiger partial charge >= 0.3 is 6.18 Å². The van der Waals surface area contributed by atoms with Crippen molar-refractivity contribution in [2.24, 2.45) is 0 Å². The molecule has 0 fully saturated rings. The summed E-state index contributed by atoms with van der Waals surface area (Å²) in [5.41, 5.74) is 0.436. The lowest BCUT2D eigenvalue weighted by molar-refractivity contribution is -0.137. The van der Waals surface area contributed by atoms with Crippen molar-refractivity contribution in [3.8, 4) is 17.1 Å². The monoisotopic (exact) mass is 334 g/mol. The molecule has 0 saturated heterocycles. The van der Waals surface area contributed by atoms with Crippen LogP contribution in [0.5, 0.6) is 5.75 Å². The van der Waals surface area contributed by atoms with Gasteiger partial charge in [-0.05, 0) is 29.8 Å². The molecule has 0 atom stereocenters. The predicted octanol–water partition coefficient (Wildman–Crippen LogP) is 4.35. The van der Waals surface area contributed by atoms with Gasteiger partial charge in [-0.25, -0.2) is 0 Å². The highest BCUT2D eigenvalue weighted by Gasteiger charge is 2.30. The van der Waals surface area contributed by atoms with Gasteiger partial charge in [-0.3, -0.25) is 0 Å². The van der Waals surface area contributed by atoms with E-state index < -0.39 is 11.7 Å². The van der Waals surface area contributed by atoms with Crippen LogP contribution in [0.3, 0.4) is 0 Å². The van der Waals surface area contributed by atoms with Gasteiger partial charge in [-0.15, -0.1) is 0 Å². The second-order valence-electron chi connectivity index (χ2n) is 5.12. The van der Waals surface area contributed by atoms with Crippen molar-refractivity contribution in [3.05, 3.63) is 65.5 Å². The molecule has 24 heavy (non-hydrogen) atoms. The van der Waals surface area contributed by atoms with E-state index in [1.54, 1.807) is 19.2 Å². The maximum Gasteiger partial charge on any atom is 0.416 e. The fraction of sp³-hybridized carbons (Fsp3) is 0.176. The highest BCUT2D eigenvalue weighted by atomic mass is 19.4. The Labute approximate surface area is 135 Å². The summed E-state index contributed by atoms with van der Waals surface area (Å²) in [4.78, 5) is 4.17. The van der Waals surface area contributed by atoms with Crippen molar-refractivity contribution in [3.63, 3.8) is 0 Å². The van der Waals surface area contributed by atoms with Gasteiger partial charge in [0, 0.05) is 5.56 Å². The lowest BCUT2D eigenvalue weighted by atomic mass is 10.1. The number of methoxy groups -OCH3 is 1. The lowest BCUT2D eigenvalue weighted by Gasteiger charge is -2.06. The van der Waals surface area contributed by atoms with Crippen LogP contribution >= 0.6 is 0 Å². The van der Waals surface area contributed by atoms with Crippen LogP contribution in [0.1, 0.15) is 17.0 Å². The Bertz CT molecular complexity index is 826. The minimum atomic E-state index is -4.41. The topological polar surface area (TPSA) is 48.2 Å². The molecule has 0 amide bonds. The minimum Gasteiger partial charge on any atom is -0.497 e. The van der Waals surface area contributed by atoms with Crippen LogP contribution in [0.4, 0.5) is 13.2 Å². The third-order valence-electron chi connectivity index (χ3n) is 3.43. The predicted molar refractivity (Wildman–Crippen MR) is 80.5 cm³/mol. The van der Waals surface area contributed by atoms with Crippen LogP contribution in [0.15, 0.2) is 53.1 Å². The standard InChI is InChI=1S/C17H13F3N2O2/c1-23-14-7-5-11(6-8-14)9-15-21-16(22-24-15)12-3-2-4-13(10-12)17(18,19)20/h2-8,10H,9H2,1H3. The zero-order valence-corrected chi connectivity index (χ0v) is 12.7. The van der Waals surface area contributed by atoms with E-state index in [2.05, 4.69) is 10.1 Å². The van der Waals surface area contributed by atoms with E-state index in [0.717, 1.165) is 23.4 Å². The quantitative estimate of drug-likeness (QED) is 0.711. The molecule has 0 aliphatic heterocycles. The fourth-order valence-electron chi connectivity index (χ4n) is 2.20. The summed E-state index contributed by atoms with van der Waals surface area (Å²) < 4.78 is 48.5. The minimum absolute atomic E-state index is 0.129. The molecule has 124 valence electrons. The number of hydrogen-bond acceptors (Lipinski definition) is 4. The average molecular weight is 334 g/mol. The van der Waals surface area contributed by atoms with Crippen LogP contribution < -0.4 is 4.74 Å². The molecular formula is C17H13F3N2O2. The molecule has 0 unspecified atom stereocenters. The highest BCUT2D eigenvalue weighted by molar-refractivity contribution is 5.55. The molecule has 0 spiro atoms. The zero-order chi connectivity index (χ0) is 17.2. The highest BCUT2D eigenvalue weighted by Crippen LogP contribution is 2.31. The van der Waals surface area contributed by atoms with E-state index in [4.69, 9.17) is 9.26 Å². The third kappa shape index (κ3) is 3.56. The summed E-state index contributed by atoms with van der Waals surface area (Å²) in [7, 11) is 1.58. The first-order chi connectivity index (χ1) is 11.5. The molecule has 0 radical (unpaired) electrons. The molecule has 0 saturated carbocycles. The Morgan fingerprint density at radius 2 is 1.83 bits per heavy atom. The third-order valence-corrected chi connectivity index (χ3v) is 3.43. The van der Waals surface area contributed by atoms with Crippen LogP contribution in [0.25, 0.3) is 11.4 Å². The summed E-state index contributed by atoms with van der Waals surface area (Å²) in [5, 5.41) is 3.76. The average Bonchev–Trinajstić information content (AvgIpc) is 3.03. The van der Waals surface area contributed by atoms with Crippen molar-refractivity contribution in [2.45, 2.75) is 12.6 Å². The van der Waals surface area contributed by atoms with Gasteiger partial charge < -0.3 is 9.26 Å². The molecule has 4 nitrogen and oxygen atoms in total. The molecule has 0 bridgehead atoms. The van der Waals surface area contributed by atoms with Crippen molar-refractivity contribution < 1.29 is 22.4 Å². The molecule has 2 aromatic carbocycles. The number of benzene rings is 2. The normalized spacial score (nSPS) is 11.5. The summed E-state index contributed by atoms with van der Waals surface area (Å²) in [5.74, 6) is 1.19. The maximum atomic E-state index is 12.8. The number of aromatic nitrogens is 2. The SMILES string of the molecule is COc1ccc(Cc2nc(-c3cccc(C(F)(F)F)c3)no2)cc1. The number of ether oxygens (including phenoxy) is 1. The van der Waals surface area contributed by atoms with Gasteiger partial charge in [0.15, 0.2) is 0 Å². The van der Waals surface area contributed by atoms with Gasteiger partial charge in [-0.1, -0.05) is 29.4 Å². The van der Waals surface area contributed by atoms with E-state index >= 15 is 0 Å². The summed E-state index contributed by atoms with van der Waals surface area (Å²) in [6.45, 7) is 0. The summed E-state index contributed by atoms with van der Waals surface area (Å²) >= 11 is 0. The summed E-state index contributed by atoms with van der Waals surface area (Å²) in [6, 6.07) is 12.2. The Morgan fingerprint density at radius 1 is 1.08 bits per heavy atom. The van der Waals surface area contributed by atoms with E-state index in [-0.39, 0.29) is 11.4 Å². The largest absolute Gasteiger partial charge is 0.497 e. The Kier molecular flexibility index (Phi) is 4.24. The number of alkyl halides is 3. The first-order valence-electron chi connectivity index (χ1n) is 7.09. The Hall–Kier alpha value is -2.83. The second kappa shape index (κ2) is 6.35. The molecule has 0 N–H and O–H groups in total. The van der Waals surface area contributed by atoms with Crippen LogP contribution in [0.2, 0.25) is 0 Å². The van der Waals surface area contributed by atoms with Crippen LogP contribution in [-0.2, 0) is 12.6 Å². The number of nitrogens with zero attached hydrogens (tertiary/aromatic N) is 2. The fourth-order valence-corrected chi connectivity index (χ4v) is 2.20. The molecule has 1 aromatic heterocycles. The zero-order valence-electron chi connectivity index (χ0n) is 12.7. The van der Waals surface area contributed by atoms with Gasteiger partial charge in [0.05, 0.1) is 19.1 Å². The molecule has 1 heterocycles. The molecule has 0 aliphatic rings. The lowest BCUT2D eigenvalue weighted by Crippen LogP contribution is -2.04.